The fourth-order valence-electron chi connectivity index (χ4n) is 2.23. The minimum absolute atomic E-state index is 0.211. The third kappa shape index (κ3) is 2.04. The summed E-state index contributed by atoms with van der Waals surface area (Å²) in [5.41, 5.74) is 1.16. The molecule has 0 spiro atoms. The zero-order valence-corrected chi connectivity index (χ0v) is 10.1. The molecule has 0 aromatic carbocycles. The number of carbonyl (C=O) groups excluding carboxylic acids is 2. The molecule has 1 aliphatic heterocycles. The van der Waals surface area contributed by atoms with Crippen molar-refractivity contribution in [2.24, 2.45) is 0 Å². The van der Waals surface area contributed by atoms with Crippen LogP contribution in [-0.2, 0) is 22.4 Å². The molecule has 6 heteroatoms. The second-order valence-electron chi connectivity index (χ2n) is 4.41. The Bertz CT molecular complexity index is 460. The van der Waals surface area contributed by atoms with Gasteiger partial charge in [-0.2, -0.15) is 0 Å². The van der Waals surface area contributed by atoms with E-state index in [1.807, 2.05) is 0 Å². The predicted molar refractivity (Wildman–Crippen MR) is 63.9 cm³/mol. The topological polar surface area (TPSA) is 71.1 Å². The second-order valence-corrected chi connectivity index (χ2v) is 5.49. The van der Waals surface area contributed by atoms with E-state index in [0.29, 0.717) is 0 Å². The summed E-state index contributed by atoms with van der Waals surface area (Å²) in [6.45, 7) is 0. The maximum atomic E-state index is 11.4. The van der Waals surface area contributed by atoms with Crippen LogP contribution in [0.25, 0.3) is 0 Å². The van der Waals surface area contributed by atoms with Crippen LogP contribution >= 0.6 is 11.3 Å². The molecule has 1 unspecified atom stereocenters. The normalized spacial score (nSPS) is 23.4. The molecule has 1 aromatic heterocycles. The van der Waals surface area contributed by atoms with Crippen LogP contribution in [0.4, 0.5) is 5.13 Å². The van der Waals surface area contributed by atoms with Crippen molar-refractivity contribution in [2.75, 3.05) is 5.32 Å². The van der Waals surface area contributed by atoms with Crippen LogP contribution in [0.15, 0.2) is 0 Å². The van der Waals surface area contributed by atoms with Gasteiger partial charge in [0.1, 0.15) is 6.04 Å². The lowest BCUT2D eigenvalue weighted by atomic mass is 10.0. The number of fused-ring (bicyclic) bond motifs is 1. The zero-order chi connectivity index (χ0) is 11.8. The van der Waals surface area contributed by atoms with Crippen LogP contribution in [0.5, 0.6) is 0 Å². The van der Waals surface area contributed by atoms with Crippen molar-refractivity contribution in [1.29, 1.82) is 0 Å². The smallest absolute Gasteiger partial charge is 0.249 e. The first-order chi connectivity index (χ1) is 8.22. The molecule has 3 rings (SSSR count). The van der Waals surface area contributed by atoms with Crippen molar-refractivity contribution in [3.8, 4) is 0 Å². The molecular weight excluding hydrogens is 238 g/mol. The van der Waals surface area contributed by atoms with Gasteiger partial charge >= 0.3 is 0 Å². The lowest BCUT2D eigenvalue weighted by Gasteiger charge is -2.06. The minimum atomic E-state index is -0.449. The molecule has 2 amide bonds. The summed E-state index contributed by atoms with van der Waals surface area (Å²) in [4.78, 5) is 28.3. The first-order valence-electron chi connectivity index (χ1n) is 5.81. The Morgan fingerprint density at radius 3 is 2.82 bits per heavy atom. The standard InChI is InChI=1S/C11H13N3O2S/c15-9-5-7(10(16)14-9)13-11-12-6-3-1-2-4-8(6)17-11/h7H,1-5H2,(H,12,13)(H,14,15,16). The van der Waals surface area contributed by atoms with Crippen LogP contribution in [0.3, 0.4) is 0 Å². The Morgan fingerprint density at radius 2 is 2.12 bits per heavy atom. The van der Waals surface area contributed by atoms with Gasteiger partial charge in [0.25, 0.3) is 0 Å². The third-order valence-corrected chi connectivity index (χ3v) is 4.20. The highest BCUT2D eigenvalue weighted by molar-refractivity contribution is 7.15. The van der Waals surface area contributed by atoms with Gasteiger partial charge in [-0.25, -0.2) is 4.98 Å². The highest BCUT2D eigenvalue weighted by atomic mass is 32.1. The van der Waals surface area contributed by atoms with Crippen molar-refractivity contribution in [2.45, 2.75) is 38.1 Å². The second kappa shape index (κ2) is 4.10. The summed E-state index contributed by atoms with van der Waals surface area (Å²) in [7, 11) is 0. The van der Waals surface area contributed by atoms with E-state index < -0.39 is 6.04 Å². The summed E-state index contributed by atoms with van der Waals surface area (Å²) in [5, 5.41) is 6.11. The Morgan fingerprint density at radius 1 is 1.29 bits per heavy atom. The van der Waals surface area contributed by atoms with Gasteiger partial charge in [-0.3, -0.25) is 14.9 Å². The van der Waals surface area contributed by atoms with E-state index in [4.69, 9.17) is 0 Å². The number of thiazole rings is 1. The Kier molecular flexibility index (Phi) is 2.58. The molecule has 17 heavy (non-hydrogen) atoms. The Hall–Kier alpha value is -1.43. The first kappa shape index (κ1) is 10.7. The maximum absolute atomic E-state index is 11.4. The molecule has 2 N–H and O–H groups in total. The fourth-order valence-corrected chi connectivity index (χ4v) is 3.34. The van der Waals surface area contributed by atoms with Gasteiger partial charge in [0.2, 0.25) is 11.8 Å². The average Bonchev–Trinajstić information content (AvgIpc) is 2.82. The molecule has 2 heterocycles. The number of rotatable bonds is 2. The number of hydrogen-bond acceptors (Lipinski definition) is 5. The number of hydrogen-bond donors (Lipinski definition) is 2. The number of anilines is 1. The quantitative estimate of drug-likeness (QED) is 0.764. The van der Waals surface area contributed by atoms with Crippen LogP contribution in [0.2, 0.25) is 0 Å². The van der Waals surface area contributed by atoms with Crippen LogP contribution < -0.4 is 10.6 Å². The minimum Gasteiger partial charge on any atom is -0.349 e. The van der Waals surface area contributed by atoms with Gasteiger partial charge in [-0.05, 0) is 25.7 Å². The van der Waals surface area contributed by atoms with Crippen molar-refractivity contribution in [3.63, 3.8) is 0 Å². The fraction of sp³-hybridized carbons (Fsp3) is 0.545. The van der Waals surface area contributed by atoms with E-state index in [9.17, 15) is 9.59 Å². The Balaban J connectivity index is 1.75. The number of aryl methyl sites for hydroxylation is 2. The summed E-state index contributed by atoms with van der Waals surface area (Å²) < 4.78 is 0. The summed E-state index contributed by atoms with van der Waals surface area (Å²) in [5.74, 6) is -0.461. The van der Waals surface area contributed by atoms with E-state index in [0.717, 1.165) is 23.7 Å². The number of amides is 2. The lowest BCUT2D eigenvalue weighted by Crippen LogP contribution is -2.29. The summed E-state index contributed by atoms with van der Waals surface area (Å²) >= 11 is 1.61. The van der Waals surface area contributed by atoms with Crippen LogP contribution in [0.1, 0.15) is 29.8 Å². The molecule has 0 radical (unpaired) electrons. The van der Waals surface area contributed by atoms with Crippen molar-refractivity contribution >= 4 is 28.3 Å². The molecule has 1 fully saturated rings. The van der Waals surface area contributed by atoms with Gasteiger partial charge in [0, 0.05) is 4.88 Å². The lowest BCUT2D eigenvalue weighted by molar-refractivity contribution is -0.124. The molecule has 5 nitrogen and oxygen atoms in total. The zero-order valence-electron chi connectivity index (χ0n) is 9.28. The number of carbonyl (C=O) groups is 2. The van der Waals surface area contributed by atoms with E-state index in [1.54, 1.807) is 11.3 Å². The highest BCUT2D eigenvalue weighted by Gasteiger charge is 2.31. The van der Waals surface area contributed by atoms with Gasteiger partial charge < -0.3 is 5.32 Å². The first-order valence-corrected chi connectivity index (χ1v) is 6.63. The van der Waals surface area contributed by atoms with Gasteiger partial charge in [0.15, 0.2) is 5.13 Å². The maximum Gasteiger partial charge on any atom is 0.249 e. The van der Waals surface area contributed by atoms with Crippen LogP contribution in [-0.4, -0.2) is 22.8 Å². The molecule has 2 aliphatic rings. The summed E-state index contributed by atoms with van der Waals surface area (Å²) in [6, 6.07) is -0.449. The van der Waals surface area contributed by atoms with Gasteiger partial charge in [-0.1, -0.05) is 0 Å². The van der Waals surface area contributed by atoms with Gasteiger partial charge in [0.05, 0.1) is 12.1 Å². The predicted octanol–water partition coefficient (Wildman–Crippen LogP) is 0.849. The van der Waals surface area contributed by atoms with E-state index in [-0.39, 0.29) is 18.2 Å². The van der Waals surface area contributed by atoms with Crippen molar-refractivity contribution in [3.05, 3.63) is 10.6 Å². The van der Waals surface area contributed by atoms with Gasteiger partial charge in [-0.15, -0.1) is 11.3 Å². The highest BCUT2D eigenvalue weighted by Crippen LogP contribution is 2.30. The molecule has 1 saturated heterocycles. The molecule has 0 bridgehead atoms. The monoisotopic (exact) mass is 251 g/mol. The van der Waals surface area contributed by atoms with E-state index in [1.165, 1.54) is 17.7 Å². The molecule has 1 atom stereocenters. The molecule has 1 aromatic rings. The van der Waals surface area contributed by atoms with Crippen molar-refractivity contribution in [1.82, 2.24) is 10.3 Å². The average molecular weight is 251 g/mol. The summed E-state index contributed by atoms with van der Waals surface area (Å²) in [6.07, 6.45) is 4.74. The number of imide groups is 1. The SMILES string of the molecule is O=C1CC(Nc2nc3c(s2)CCCC3)C(=O)N1. The van der Waals surface area contributed by atoms with Crippen LogP contribution in [0, 0.1) is 0 Å². The van der Waals surface area contributed by atoms with E-state index >= 15 is 0 Å². The number of nitrogens with zero attached hydrogens (tertiary/aromatic N) is 1. The molecule has 90 valence electrons. The molecule has 0 saturated carbocycles. The molecular formula is C11H13N3O2S. The number of aromatic nitrogens is 1. The third-order valence-electron chi connectivity index (χ3n) is 3.11. The molecule has 1 aliphatic carbocycles. The number of nitrogens with one attached hydrogen (secondary N) is 2. The Labute approximate surface area is 103 Å². The van der Waals surface area contributed by atoms with Crippen molar-refractivity contribution < 1.29 is 9.59 Å². The van der Waals surface area contributed by atoms with E-state index in [2.05, 4.69) is 15.6 Å². The largest absolute Gasteiger partial charge is 0.349 e.